The first kappa shape index (κ1) is 12.7. The van der Waals surface area contributed by atoms with Crippen molar-refractivity contribution in [1.82, 2.24) is 5.32 Å². The molecular weight excluding hydrogens is 259 g/mol. The summed E-state index contributed by atoms with van der Waals surface area (Å²) in [5, 5.41) is 7.03. The van der Waals surface area contributed by atoms with Gasteiger partial charge < -0.3 is 10.6 Å². The highest BCUT2D eigenvalue weighted by Crippen LogP contribution is 2.24. The fourth-order valence-corrected chi connectivity index (χ4v) is 2.29. The molecule has 3 nitrogen and oxygen atoms in total. The van der Waals surface area contributed by atoms with E-state index in [1.54, 1.807) is 18.2 Å². The van der Waals surface area contributed by atoms with E-state index in [2.05, 4.69) is 10.6 Å². The molecule has 5 heteroatoms. The van der Waals surface area contributed by atoms with E-state index in [0.29, 0.717) is 21.7 Å². The maximum Gasteiger partial charge on any atom is 0.227 e. The molecule has 2 rings (SSSR count). The number of carbonyl (C=O) groups excluding carboxylic acids is 1. The second-order valence-corrected chi connectivity index (χ2v) is 5.23. The van der Waals surface area contributed by atoms with Crippen molar-refractivity contribution in [2.75, 3.05) is 18.4 Å². The van der Waals surface area contributed by atoms with E-state index < -0.39 is 0 Å². The summed E-state index contributed by atoms with van der Waals surface area (Å²) in [4.78, 5) is 11.9. The van der Waals surface area contributed by atoms with Gasteiger partial charge in [0.15, 0.2) is 0 Å². The number of halogens is 2. The molecule has 0 spiro atoms. The van der Waals surface area contributed by atoms with E-state index in [9.17, 15) is 4.79 Å². The van der Waals surface area contributed by atoms with Gasteiger partial charge in [0.1, 0.15) is 0 Å². The summed E-state index contributed by atoms with van der Waals surface area (Å²) in [5.41, 5.74) is 0.645. The molecule has 0 aromatic heterocycles. The van der Waals surface area contributed by atoms with Crippen molar-refractivity contribution in [3.63, 3.8) is 0 Å². The third-order valence-electron chi connectivity index (χ3n) is 3.06. The predicted molar refractivity (Wildman–Crippen MR) is 70.6 cm³/mol. The van der Waals surface area contributed by atoms with Crippen molar-refractivity contribution in [3.05, 3.63) is 28.2 Å². The van der Waals surface area contributed by atoms with Gasteiger partial charge in [0.05, 0.1) is 0 Å². The lowest BCUT2D eigenvalue weighted by molar-refractivity contribution is -0.121. The lowest BCUT2D eigenvalue weighted by atomic mass is 9.88. The molecule has 17 heavy (non-hydrogen) atoms. The van der Waals surface area contributed by atoms with Crippen LogP contribution in [0.5, 0.6) is 0 Å². The number of hydrogen-bond donors (Lipinski definition) is 2. The SMILES string of the molecule is CC(C(=O)Nc1cc(Cl)cc(Cl)c1)C1CNC1. The lowest BCUT2D eigenvalue weighted by Gasteiger charge is -2.31. The largest absolute Gasteiger partial charge is 0.326 e. The zero-order valence-corrected chi connectivity index (χ0v) is 11.0. The number of nitrogens with one attached hydrogen (secondary N) is 2. The zero-order valence-electron chi connectivity index (χ0n) is 9.47. The van der Waals surface area contributed by atoms with Crippen LogP contribution in [-0.4, -0.2) is 19.0 Å². The minimum Gasteiger partial charge on any atom is -0.326 e. The third-order valence-corrected chi connectivity index (χ3v) is 3.50. The molecular formula is C12H14Cl2N2O. The molecule has 1 amide bonds. The normalized spacial score (nSPS) is 17.4. The van der Waals surface area contributed by atoms with Crippen LogP contribution in [0.3, 0.4) is 0 Å². The maximum absolute atomic E-state index is 11.9. The average molecular weight is 273 g/mol. The molecule has 0 saturated carbocycles. The Morgan fingerprint density at radius 3 is 2.41 bits per heavy atom. The van der Waals surface area contributed by atoms with Crippen molar-refractivity contribution < 1.29 is 4.79 Å². The zero-order chi connectivity index (χ0) is 12.4. The topological polar surface area (TPSA) is 41.1 Å². The Balaban J connectivity index is 2.01. The van der Waals surface area contributed by atoms with Gasteiger partial charge in [-0.15, -0.1) is 0 Å². The first-order valence-corrected chi connectivity index (χ1v) is 6.29. The van der Waals surface area contributed by atoms with E-state index in [4.69, 9.17) is 23.2 Å². The molecule has 1 saturated heterocycles. The van der Waals surface area contributed by atoms with Gasteiger partial charge in [0, 0.05) is 21.7 Å². The van der Waals surface area contributed by atoms with Crippen LogP contribution in [0.4, 0.5) is 5.69 Å². The molecule has 1 unspecified atom stereocenters. The molecule has 0 aliphatic carbocycles. The number of benzene rings is 1. The van der Waals surface area contributed by atoms with Gasteiger partial charge in [-0.25, -0.2) is 0 Å². The van der Waals surface area contributed by atoms with Crippen LogP contribution < -0.4 is 10.6 Å². The highest BCUT2D eigenvalue weighted by Gasteiger charge is 2.28. The van der Waals surface area contributed by atoms with E-state index in [1.807, 2.05) is 6.92 Å². The Kier molecular flexibility index (Phi) is 3.92. The van der Waals surface area contributed by atoms with Gasteiger partial charge in [-0.05, 0) is 37.2 Å². The molecule has 1 aliphatic rings. The molecule has 1 aromatic carbocycles. The molecule has 1 fully saturated rings. The van der Waals surface area contributed by atoms with Crippen molar-refractivity contribution in [2.45, 2.75) is 6.92 Å². The van der Waals surface area contributed by atoms with E-state index >= 15 is 0 Å². The highest BCUT2D eigenvalue weighted by molar-refractivity contribution is 6.35. The maximum atomic E-state index is 11.9. The smallest absolute Gasteiger partial charge is 0.227 e. The molecule has 1 aromatic rings. The van der Waals surface area contributed by atoms with Crippen LogP contribution in [0.15, 0.2) is 18.2 Å². The van der Waals surface area contributed by atoms with E-state index in [-0.39, 0.29) is 11.8 Å². The summed E-state index contributed by atoms with van der Waals surface area (Å²) in [6.45, 7) is 3.75. The Morgan fingerprint density at radius 1 is 1.35 bits per heavy atom. The highest BCUT2D eigenvalue weighted by atomic mass is 35.5. The third kappa shape index (κ3) is 3.12. The second kappa shape index (κ2) is 5.25. The summed E-state index contributed by atoms with van der Waals surface area (Å²) >= 11 is 11.7. The number of carbonyl (C=O) groups is 1. The van der Waals surface area contributed by atoms with Gasteiger partial charge in [0.2, 0.25) is 5.91 Å². The summed E-state index contributed by atoms with van der Waals surface area (Å²) in [6.07, 6.45) is 0. The summed E-state index contributed by atoms with van der Waals surface area (Å²) in [6, 6.07) is 5.02. The Morgan fingerprint density at radius 2 is 1.94 bits per heavy atom. The second-order valence-electron chi connectivity index (χ2n) is 4.35. The van der Waals surface area contributed by atoms with E-state index in [1.165, 1.54) is 0 Å². The first-order valence-electron chi connectivity index (χ1n) is 5.54. The fraction of sp³-hybridized carbons (Fsp3) is 0.417. The minimum atomic E-state index is -0.00555. The summed E-state index contributed by atoms with van der Waals surface area (Å²) in [5.74, 6) is 0.425. The van der Waals surface area contributed by atoms with Crippen LogP contribution in [0.25, 0.3) is 0 Å². The monoisotopic (exact) mass is 272 g/mol. The molecule has 2 N–H and O–H groups in total. The van der Waals surface area contributed by atoms with Crippen molar-refractivity contribution >= 4 is 34.8 Å². The number of hydrogen-bond acceptors (Lipinski definition) is 2. The predicted octanol–water partition coefficient (Wildman–Crippen LogP) is 2.79. The Hall–Kier alpha value is -0.770. The molecule has 1 atom stereocenters. The number of amides is 1. The average Bonchev–Trinajstić information content (AvgIpc) is 2.12. The van der Waals surface area contributed by atoms with Crippen LogP contribution >= 0.6 is 23.2 Å². The molecule has 0 radical (unpaired) electrons. The van der Waals surface area contributed by atoms with Gasteiger partial charge in [-0.3, -0.25) is 4.79 Å². The standard InChI is InChI=1S/C12H14Cl2N2O/c1-7(8-5-15-6-8)12(17)16-11-3-9(13)2-10(14)4-11/h2-4,7-8,15H,5-6H2,1H3,(H,16,17). The number of anilines is 1. The Labute approximate surface area is 110 Å². The molecule has 92 valence electrons. The minimum absolute atomic E-state index is 0.00555. The van der Waals surface area contributed by atoms with Crippen LogP contribution in [0.1, 0.15) is 6.92 Å². The van der Waals surface area contributed by atoms with Crippen LogP contribution in [-0.2, 0) is 4.79 Å². The molecule has 1 heterocycles. The van der Waals surface area contributed by atoms with Gasteiger partial charge >= 0.3 is 0 Å². The quantitative estimate of drug-likeness (QED) is 0.889. The first-order chi connectivity index (χ1) is 8.06. The van der Waals surface area contributed by atoms with Gasteiger partial charge in [-0.2, -0.15) is 0 Å². The van der Waals surface area contributed by atoms with Crippen molar-refractivity contribution in [1.29, 1.82) is 0 Å². The Bertz CT molecular complexity index is 412. The van der Waals surface area contributed by atoms with Crippen LogP contribution in [0, 0.1) is 11.8 Å². The fourth-order valence-electron chi connectivity index (χ4n) is 1.76. The number of rotatable bonds is 3. The van der Waals surface area contributed by atoms with Crippen molar-refractivity contribution in [3.8, 4) is 0 Å². The van der Waals surface area contributed by atoms with Crippen LogP contribution in [0.2, 0.25) is 10.0 Å². The van der Waals surface area contributed by atoms with Gasteiger partial charge in [-0.1, -0.05) is 30.1 Å². The van der Waals surface area contributed by atoms with Gasteiger partial charge in [0.25, 0.3) is 0 Å². The summed E-state index contributed by atoms with van der Waals surface area (Å²) < 4.78 is 0. The van der Waals surface area contributed by atoms with E-state index in [0.717, 1.165) is 13.1 Å². The lowest BCUT2D eigenvalue weighted by Crippen LogP contribution is -2.48. The van der Waals surface area contributed by atoms with Crippen molar-refractivity contribution in [2.24, 2.45) is 11.8 Å². The molecule has 1 aliphatic heterocycles. The summed E-state index contributed by atoms with van der Waals surface area (Å²) in [7, 11) is 0. The molecule has 0 bridgehead atoms.